The quantitative estimate of drug-likeness (QED) is 0.737. The minimum atomic E-state index is -0.222. The standard InChI is InChI=1S/C13H10N2/c14-9-13(11-5-2-1-3-6-11)12-7-4-8-15-10-12/h1-8,10,13H. The van der Waals surface area contributed by atoms with E-state index in [9.17, 15) is 0 Å². The van der Waals surface area contributed by atoms with Crippen LogP contribution in [0.1, 0.15) is 17.0 Å². The Bertz CT molecular complexity index is 417. The van der Waals surface area contributed by atoms with Crippen LogP contribution < -0.4 is 0 Å². The van der Waals surface area contributed by atoms with Crippen molar-refractivity contribution in [1.82, 2.24) is 4.98 Å². The molecule has 15 heavy (non-hydrogen) atoms. The average Bonchev–Trinajstić information content (AvgIpc) is 2.33. The zero-order valence-corrected chi connectivity index (χ0v) is 8.17. The van der Waals surface area contributed by atoms with Gasteiger partial charge in [0.05, 0.1) is 12.0 Å². The topological polar surface area (TPSA) is 36.7 Å². The van der Waals surface area contributed by atoms with Gasteiger partial charge in [-0.05, 0) is 17.2 Å². The van der Waals surface area contributed by atoms with E-state index in [2.05, 4.69) is 11.1 Å². The Labute approximate surface area is 88.8 Å². The van der Waals surface area contributed by atoms with Crippen LogP contribution in [0.2, 0.25) is 0 Å². The van der Waals surface area contributed by atoms with Gasteiger partial charge in [-0.15, -0.1) is 0 Å². The summed E-state index contributed by atoms with van der Waals surface area (Å²) in [5.74, 6) is -0.222. The van der Waals surface area contributed by atoms with E-state index >= 15 is 0 Å². The second-order valence-corrected chi connectivity index (χ2v) is 3.26. The van der Waals surface area contributed by atoms with Crippen LogP contribution in [0.5, 0.6) is 0 Å². The predicted molar refractivity (Wildman–Crippen MR) is 58.1 cm³/mol. The van der Waals surface area contributed by atoms with E-state index in [0.29, 0.717) is 0 Å². The first-order chi connectivity index (χ1) is 7.42. The van der Waals surface area contributed by atoms with E-state index < -0.39 is 0 Å². The molecule has 0 radical (unpaired) electrons. The van der Waals surface area contributed by atoms with Gasteiger partial charge in [0, 0.05) is 12.4 Å². The molecule has 1 unspecified atom stereocenters. The lowest BCUT2D eigenvalue weighted by Crippen LogP contribution is -1.97. The molecule has 0 aliphatic rings. The molecule has 0 aliphatic heterocycles. The maximum absolute atomic E-state index is 9.16. The SMILES string of the molecule is N#CC(c1ccccc1)c1cccnc1. The second-order valence-electron chi connectivity index (χ2n) is 3.26. The van der Waals surface area contributed by atoms with Gasteiger partial charge in [0.15, 0.2) is 0 Å². The maximum Gasteiger partial charge on any atom is 0.0977 e. The molecule has 72 valence electrons. The molecule has 2 rings (SSSR count). The predicted octanol–water partition coefficient (Wildman–Crippen LogP) is 2.74. The molecule has 0 aliphatic carbocycles. The van der Waals surface area contributed by atoms with Gasteiger partial charge in [0.2, 0.25) is 0 Å². The number of rotatable bonds is 2. The number of aromatic nitrogens is 1. The van der Waals surface area contributed by atoms with Crippen molar-refractivity contribution in [3.05, 3.63) is 66.0 Å². The third-order valence-electron chi connectivity index (χ3n) is 2.28. The minimum Gasteiger partial charge on any atom is -0.264 e. The number of hydrogen-bond acceptors (Lipinski definition) is 2. The smallest absolute Gasteiger partial charge is 0.0977 e. The molecule has 2 aromatic rings. The highest BCUT2D eigenvalue weighted by Crippen LogP contribution is 2.22. The molecule has 0 bridgehead atoms. The summed E-state index contributed by atoms with van der Waals surface area (Å²) >= 11 is 0. The summed E-state index contributed by atoms with van der Waals surface area (Å²) in [7, 11) is 0. The highest BCUT2D eigenvalue weighted by atomic mass is 14.6. The Morgan fingerprint density at radius 2 is 1.73 bits per heavy atom. The molecule has 0 spiro atoms. The monoisotopic (exact) mass is 194 g/mol. The molecule has 0 fully saturated rings. The third-order valence-corrected chi connectivity index (χ3v) is 2.28. The van der Waals surface area contributed by atoms with Crippen molar-refractivity contribution < 1.29 is 0 Å². The van der Waals surface area contributed by atoms with Crippen LogP contribution >= 0.6 is 0 Å². The van der Waals surface area contributed by atoms with Crippen LogP contribution in [0.25, 0.3) is 0 Å². The number of nitrogens with zero attached hydrogens (tertiary/aromatic N) is 2. The highest BCUT2D eigenvalue weighted by molar-refractivity contribution is 5.36. The van der Waals surface area contributed by atoms with E-state index in [0.717, 1.165) is 11.1 Å². The van der Waals surface area contributed by atoms with Crippen molar-refractivity contribution >= 4 is 0 Å². The van der Waals surface area contributed by atoms with E-state index in [1.807, 2.05) is 42.5 Å². The molecular weight excluding hydrogens is 184 g/mol. The molecule has 2 heteroatoms. The van der Waals surface area contributed by atoms with Crippen molar-refractivity contribution in [2.75, 3.05) is 0 Å². The summed E-state index contributed by atoms with van der Waals surface area (Å²) < 4.78 is 0. The van der Waals surface area contributed by atoms with E-state index in [1.165, 1.54) is 0 Å². The number of pyridine rings is 1. The van der Waals surface area contributed by atoms with Gasteiger partial charge in [0.25, 0.3) is 0 Å². The van der Waals surface area contributed by atoms with Gasteiger partial charge in [-0.3, -0.25) is 4.98 Å². The Morgan fingerprint density at radius 3 is 2.33 bits per heavy atom. The van der Waals surface area contributed by atoms with Gasteiger partial charge < -0.3 is 0 Å². The zero-order chi connectivity index (χ0) is 10.5. The fraction of sp³-hybridized carbons (Fsp3) is 0.0769. The molecule has 1 heterocycles. The van der Waals surface area contributed by atoms with Crippen LogP contribution in [0.4, 0.5) is 0 Å². The normalized spacial score (nSPS) is 11.7. The lowest BCUT2D eigenvalue weighted by atomic mass is 9.94. The molecule has 0 saturated carbocycles. The Kier molecular flexibility index (Phi) is 2.75. The third kappa shape index (κ3) is 2.03. The van der Waals surface area contributed by atoms with Crippen LogP contribution in [0.15, 0.2) is 54.9 Å². The van der Waals surface area contributed by atoms with E-state index in [1.54, 1.807) is 12.4 Å². The summed E-state index contributed by atoms with van der Waals surface area (Å²) in [6.07, 6.45) is 3.45. The van der Waals surface area contributed by atoms with Crippen LogP contribution in [0.3, 0.4) is 0 Å². The molecule has 0 N–H and O–H groups in total. The van der Waals surface area contributed by atoms with Crippen molar-refractivity contribution in [3.63, 3.8) is 0 Å². The first-order valence-electron chi connectivity index (χ1n) is 4.76. The first kappa shape index (κ1) is 9.42. The lowest BCUT2D eigenvalue weighted by Gasteiger charge is -2.08. The number of hydrogen-bond donors (Lipinski definition) is 0. The summed E-state index contributed by atoms with van der Waals surface area (Å²) in [6, 6.07) is 15.8. The van der Waals surface area contributed by atoms with Gasteiger partial charge in [0.1, 0.15) is 0 Å². The minimum absolute atomic E-state index is 0.222. The fourth-order valence-electron chi connectivity index (χ4n) is 1.53. The fourth-order valence-corrected chi connectivity index (χ4v) is 1.53. The van der Waals surface area contributed by atoms with E-state index in [-0.39, 0.29) is 5.92 Å². The first-order valence-corrected chi connectivity index (χ1v) is 4.76. The summed E-state index contributed by atoms with van der Waals surface area (Å²) in [5.41, 5.74) is 1.94. The largest absolute Gasteiger partial charge is 0.264 e. The molecule has 0 amide bonds. The molecule has 0 saturated heterocycles. The molecule has 2 nitrogen and oxygen atoms in total. The summed E-state index contributed by atoms with van der Waals surface area (Å²) in [5, 5.41) is 9.16. The van der Waals surface area contributed by atoms with Gasteiger partial charge in [-0.25, -0.2) is 0 Å². The van der Waals surface area contributed by atoms with Crippen LogP contribution in [-0.4, -0.2) is 4.98 Å². The number of nitriles is 1. The number of benzene rings is 1. The van der Waals surface area contributed by atoms with Gasteiger partial charge >= 0.3 is 0 Å². The molecular formula is C13H10N2. The summed E-state index contributed by atoms with van der Waals surface area (Å²) in [6.45, 7) is 0. The molecule has 1 aromatic carbocycles. The van der Waals surface area contributed by atoms with Crippen LogP contribution in [-0.2, 0) is 0 Å². The van der Waals surface area contributed by atoms with Crippen molar-refractivity contribution in [2.24, 2.45) is 0 Å². The lowest BCUT2D eigenvalue weighted by molar-refractivity contribution is 1.02. The van der Waals surface area contributed by atoms with E-state index in [4.69, 9.17) is 5.26 Å². The Morgan fingerprint density at radius 1 is 1.00 bits per heavy atom. The average molecular weight is 194 g/mol. The Hall–Kier alpha value is -2.14. The Balaban J connectivity index is 2.39. The van der Waals surface area contributed by atoms with Crippen molar-refractivity contribution in [1.29, 1.82) is 5.26 Å². The summed E-state index contributed by atoms with van der Waals surface area (Å²) in [4.78, 5) is 4.03. The maximum atomic E-state index is 9.16. The van der Waals surface area contributed by atoms with Gasteiger partial charge in [-0.1, -0.05) is 36.4 Å². The zero-order valence-electron chi connectivity index (χ0n) is 8.17. The van der Waals surface area contributed by atoms with Gasteiger partial charge in [-0.2, -0.15) is 5.26 Å². The van der Waals surface area contributed by atoms with Crippen molar-refractivity contribution in [3.8, 4) is 6.07 Å². The van der Waals surface area contributed by atoms with Crippen LogP contribution in [0, 0.1) is 11.3 Å². The molecule has 1 aromatic heterocycles. The second kappa shape index (κ2) is 4.39. The highest BCUT2D eigenvalue weighted by Gasteiger charge is 2.11. The molecule has 1 atom stereocenters. The van der Waals surface area contributed by atoms with Crippen molar-refractivity contribution in [2.45, 2.75) is 5.92 Å².